The molecular formula is C15H23N3O2. The Morgan fingerprint density at radius 1 is 1.45 bits per heavy atom. The molecule has 1 aromatic rings. The van der Waals surface area contributed by atoms with E-state index in [2.05, 4.69) is 27.4 Å². The Hall–Kier alpha value is -1.72. The molecule has 20 heavy (non-hydrogen) atoms. The Bertz CT molecular complexity index is 444. The fourth-order valence-corrected chi connectivity index (χ4v) is 1.57. The number of ether oxygens (including phenoxy) is 1. The molecule has 1 N–H and O–H groups in total. The van der Waals surface area contributed by atoms with Gasteiger partial charge < -0.3 is 15.0 Å². The van der Waals surface area contributed by atoms with E-state index in [-0.39, 0.29) is 5.97 Å². The van der Waals surface area contributed by atoms with E-state index in [1.807, 2.05) is 14.1 Å². The minimum absolute atomic E-state index is 0.304. The van der Waals surface area contributed by atoms with Crippen LogP contribution in [-0.2, 0) is 11.3 Å². The summed E-state index contributed by atoms with van der Waals surface area (Å²) in [4.78, 5) is 17.9. The van der Waals surface area contributed by atoms with Gasteiger partial charge in [0.25, 0.3) is 0 Å². The smallest absolute Gasteiger partial charge is 0.338 e. The summed E-state index contributed by atoms with van der Waals surface area (Å²) in [6, 6.07) is 3.42. The van der Waals surface area contributed by atoms with Gasteiger partial charge in [0, 0.05) is 25.8 Å². The third kappa shape index (κ3) is 6.45. The zero-order valence-corrected chi connectivity index (χ0v) is 12.4. The van der Waals surface area contributed by atoms with Gasteiger partial charge in [-0.25, -0.2) is 4.79 Å². The fraction of sp³-hybridized carbons (Fsp3) is 0.467. The molecular weight excluding hydrogens is 254 g/mol. The Kier molecular flexibility index (Phi) is 7.54. The normalized spacial score (nSPS) is 11.2. The second kappa shape index (κ2) is 9.23. The lowest BCUT2D eigenvalue weighted by atomic mass is 10.2. The number of aromatic nitrogens is 1. The Balaban J connectivity index is 2.39. The molecule has 0 aliphatic rings. The highest BCUT2D eigenvalue weighted by molar-refractivity contribution is 5.89. The van der Waals surface area contributed by atoms with E-state index in [0.29, 0.717) is 18.7 Å². The number of rotatable bonds is 8. The van der Waals surface area contributed by atoms with Crippen molar-refractivity contribution in [2.75, 3.05) is 33.8 Å². The summed E-state index contributed by atoms with van der Waals surface area (Å²) in [6.45, 7) is 4.50. The molecule has 5 nitrogen and oxygen atoms in total. The van der Waals surface area contributed by atoms with Gasteiger partial charge in [-0.3, -0.25) is 4.98 Å². The highest BCUT2D eigenvalue weighted by Gasteiger charge is 2.06. The standard InChI is InChI=1S/C15H23N3O2/c1-4-20-15(19)13-7-9-17-14(11-13)12-16-8-5-6-10-18(2)3/h5-7,9,11,16H,4,8,10,12H2,1-3H3. The maximum atomic E-state index is 11.6. The first-order valence-electron chi connectivity index (χ1n) is 6.76. The van der Waals surface area contributed by atoms with Crippen molar-refractivity contribution in [1.82, 2.24) is 15.2 Å². The van der Waals surface area contributed by atoms with Crippen molar-refractivity contribution in [2.45, 2.75) is 13.5 Å². The molecule has 0 spiro atoms. The van der Waals surface area contributed by atoms with Crippen LogP contribution in [0.5, 0.6) is 0 Å². The molecule has 0 fully saturated rings. The van der Waals surface area contributed by atoms with Crippen molar-refractivity contribution in [2.24, 2.45) is 0 Å². The number of likely N-dealkylation sites (N-methyl/N-ethyl adjacent to an activating group) is 1. The molecule has 1 heterocycles. The topological polar surface area (TPSA) is 54.5 Å². The minimum Gasteiger partial charge on any atom is -0.462 e. The average Bonchev–Trinajstić information content (AvgIpc) is 2.43. The minimum atomic E-state index is -0.304. The molecule has 0 amide bonds. The first-order valence-corrected chi connectivity index (χ1v) is 6.76. The van der Waals surface area contributed by atoms with E-state index < -0.39 is 0 Å². The summed E-state index contributed by atoms with van der Waals surface area (Å²) < 4.78 is 4.96. The fourth-order valence-electron chi connectivity index (χ4n) is 1.57. The monoisotopic (exact) mass is 277 g/mol. The molecule has 0 aromatic carbocycles. The van der Waals surface area contributed by atoms with Gasteiger partial charge in [0.2, 0.25) is 0 Å². The first-order chi connectivity index (χ1) is 9.63. The van der Waals surface area contributed by atoms with E-state index in [9.17, 15) is 4.79 Å². The Labute approximate surface area is 120 Å². The quantitative estimate of drug-likeness (QED) is 0.443. The van der Waals surface area contributed by atoms with Crippen LogP contribution in [0, 0.1) is 0 Å². The van der Waals surface area contributed by atoms with Crippen molar-refractivity contribution in [3.05, 3.63) is 41.7 Å². The molecule has 5 heteroatoms. The number of hydrogen-bond donors (Lipinski definition) is 1. The number of nitrogens with one attached hydrogen (secondary N) is 1. The molecule has 0 atom stereocenters. The van der Waals surface area contributed by atoms with Gasteiger partial charge in [0.05, 0.1) is 17.9 Å². The predicted molar refractivity (Wildman–Crippen MR) is 79.6 cm³/mol. The summed E-state index contributed by atoms with van der Waals surface area (Å²) >= 11 is 0. The molecule has 0 bridgehead atoms. The van der Waals surface area contributed by atoms with Gasteiger partial charge >= 0.3 is 5.97 Å². The number of carbonyl (C=O) groups excluding carboxylic acids is 1. The van der Waals surface area contributed by atoms with Crippen LogP contribution in [-0.4, -0.2) is 49.6 Å². The lowest BCUT2D eigenvalue weighted by molar-refractivity contribution is 0.0526. The van der Waals surface area contributed by atoms with Gasteiger partial charge in [0.1, 0.15) is 0 Å². The Morgan fingerprint density at radius 3 is 2.95 bits per heavy atom. The summed E-state index contributed by atoms with van der Waals surface area (Å²) in [5.74, 6) is -0.304. The molecule has 1 rings (SSSR count). The van der Waals surface area contributed by atoms with Crippen LogP contribution in [0.2, 0.25) is 0 Å². The van der Waals surface area contributed by atoms with Gasteiger partial charge in [-0.1, -0.05) is 12.2 Å². The highest BCUT2D eigenvalue weighted by atomic mass is 16.5. The van der Waals surface area contributed by atoms with E-state index in [4.69, 9.17) is 4.74 Å². The number of hydrogen-bond acceptors (Lipinski definition) is 5. The van der Waals surface area contributed by atoms with Crippen LogP contribution in [0.25, 0.3) is 0 Å². The van der Waals surface area contributed by atoms with Gasteiger partial charge in [0.15, 0.2) is 0 Å². The van der Waals surface area contributed by atoms with Crippen molar-refractivity contribution in [1.29, 1.82) is 0 Å². The second-order valence-electron chi connectivity index (χ2n) is 4.62. The summed E-state index contributed by atoms with van der Waals surface area (Å²) in [6.07, 6.45) is 5.82. The van der Waals surface area contributed by atoms with E-state index in [1.165, 1.54) is 0 Å². The van der Waals surface area contributed by atoms with Crippen molar-refractivity contribution in [3.63, 3.8) is 0 Å². The van der Waals surface area contributed by atoms with Crippen LogP contribution in [0.3, 0.4) is 0 Å². The van der Waals surface area contributed by atoms with Gasteiger partial charge in [-0.2, -0.15) is 0 Å². The summed E-state index contributed by atoms with van der Waals surface area (Å²) in [5, 5.41) is 3.25. The van der Waals surface area contributed by atoms with Gasteiger partial charge in [-0.05, 0) is 33.2 Å². The molecule has 110 valence electrons. The molecule has 0 unspecified atom stereocenters. The lowest BCUT2D eigenvalue weighted by Crippen LogP contribution is -2.16. The molecule has 0 aliphatic carbocycles. The number of nitrogens with zero attached hydrogens (tertiary/aromatic N) is 2. The zero-order valence-electron chi connectivity index (χ0n) is 12.4. The van der Waals surface area contributed by atoms with Crippen LogP contribution in [0.15, 0.2) is 30.5 Å². The molecule has 0 radical (unpaired) electrons. The molecule has 0 aliphatic heterocycles. The number of esters is 1. The maximum absolute atomic E-state index is 11.6. The number of pyridine rings is 1. The van der Waals surface area contributed by atoms with Gasteiger partial charge in [-0.15, -0.1) is 0 Å². The zero-order chi connectivity index (χ0) is 14.8. The molecule has 1 aromatic heterocycles. The van der Waals surface area contributed by atoms with Crippen molar-refractivity contribution < 1.29 is 9.53 Å². The lowest BCUT2D eigenvalue weighted by Gasteiger charge is -2.05. The molecule has 0 saturated heterocycles. The van der Waals surface area contributed by atoms with E-state index in [0.717, 1.165) is 18.8 Å². The van der Waals surface area contributed by atoms with Crippen molar-refractivity contribution in [3.8, 4) is 0 Å². The molecule has 0 saturated carbocycles. The van der Waals surface area contributed by atoms with Crippen LogP contribution in [0.1, 0.15) is 23.0 Å². The summed E-state index contributed by atoms with van der Waals surface area (Å²) in [7, 11) is 4.06. The van der Waals surface area contributed by atoms with Crippen LogP contribution in [0.4, 0.5) is 0 Å². The SMILES string of the molecule is CCOC(=O)c1ccnc(CNCC=CCN(C)C)c1. The van der Waals surface area contributed by atoms with E-state index >= 15 is 0 Å². The largest absolute Gasteiger partial charge is 0.462 e. The first kappa shape index (κ1) is 16.3. The second-order valence-corrected chi connectivity index (χ2v) is 4.62. The van der Waals surface area contributed by atoms with E-state index in [1.54, 1.807) is 25.3 Å². The van der Waals surface area contributed by atoms with Crippen LogP contribution >= 0.6 is 0 Å². The van der Waals surface area contributed by atoms with Crippen LogP contribution < -0.4 is 5.32 Å². The third-order valence-electron chi connectivity index (χ3n) is 2.53. The Morgan fingerprint density at radius 2 is 2.25 bits per heavy atom. The predicted octanol–water partition coefficient (Wildman–Crippen LogP) is 1.47. The maximum Gasteiger partial charge on any atom is 0.338 e. The number of carbonyl (C=O) groups is 1. The average molecular weight is 277 g/mol. The highest BCUT2D eigenvalue weighted by Crippen LogP contribution is 2.03. The van der Waals surface area contributed by atoms with Crippen molar-refractivity contribution >= 4 is 5.97 Å². The third-order valence-corrected chi connectivity index (χ3v) is 2.53. The summed E-state index contributed by atoms with van der Waals surface area (Å²) in [5.41, 5.74) is 1.37.